The second kappa shape index (κ2) is 5.61. The van der Waals surface area contributed by atoms with Crippen LogP contribution < -0.4 is 10.5 Å². The van der Waals surface area contributed by atoms with E-state index in [-0.39, 0.29) is 12.2 Å². The molecule has 0 aliphatic carbocycles. The molecule has 1 aromatic heterocycles. The van der Waals surface area contributed by atoms with Crippen molar-refractivity contribution in [3.05, 3.63) is 45.7 Å². The zero-order chi connectivity index (χ0) is 15.0. The fourth-order valence-corrected chi connectivity index (χ4v) is 3.11. The molecule has 5 nitrogen and oxygen atoms in total. The van der Waals surface area contributed by atoms with Crippen molar-refractivity contribution in [2.45, 2.75) is 18.9 Å². The third-order valence-corrected chi connectivity index (χ3v) is 4.08. The Hall–Kier alpha value is -1.66. The highest BCUT2D eigenvalue weighted by Gasteiger charge is 2.23. The molecule has 2 N–H and O–H groups in total. The van der Waals surface area contributed by atoms with Crippen molar-refractivity contribution in [2.75, 3.05) is 6.61 Å². The number of fused-ring (bicyclic) bond motifs is 1. The molecule has 1 aliphatic rings. The number of hydrogen-bond donors (Lipinski definition) is 1. The predicted molar refractivity (Wildman–Crippen MR) is 82.2 cm³/mol. The number of nitrogens with two attached hydrogens (primary N) is 1. The Labute approximate surface area is 131 Å². The molecule has 6 heteroatoms. The van der Waals surface area contributed by atoms with Crippen molar-refractivity contribution >= 4 is 21.7 Å². The van der Waals surface area contributed by atoms with Crippen LogP contribution in [-0.4, -0.2) is 22.2 Å². The predicted octanol–water partition coefficient (Wildman–Crippen LogP) is 1.93. The van der Waals surface area contributed by atoms with Crippen molar-refractivity contribution in [3.63, 3.8) is 0 Å². The van der Waals surface area contributed by atoms with Crippen LogP contribution in [-0.2, 0) is 24.7 Å². The average molecular weight is 350 g/mol. The van der Waals surface area contributed by atoms with Gasteiger partial charge in [0.2, 0.25) is 0 Å². The Bertz CT molecular complexity index is 696. The SMILES string of the molecule is Cn1cc(C(N)C(=O)Cc2cc(Br)cc3c2OCC3)cn1. The van der Waals surface area contributed by atoms with E-state index in [1.54, 1.807) is 24.1 Å². The Balaban J connectivity index is 1.82. The average Bonchev–Trinajstić information content (AvgIpc) is 3.06. The number of Topliss-reactive ketones (excluding diaryl/α,β-unsaturated/α-hetero) is 1. The van der Waals surface area contributed by atoms with Gasteiger partial charge in [0.1, 0.15) is 5.75 Å². The summed E-state index contributed by atoms with van der Waals surface area (Å²) < 4.78 is 8.25. The summed E-state index contributed by atoms with van der Waals surface area (Å²) in [6, 6.07) is 3.31. The lowest BCUT2D eigenvalue weighted by atomic mass is 9.98. The Kier molecular flexibility index (Phi) is 3.82. The molecule has 3 rings (SSSR count). The standard InChI is InChI=1S/C15H16BrN3O2/c1-19-8-11(7-18-19)14(17)13(20)6-10-5-12(16)4-9-2-3-21-15(9)10/h4-5,7-8,14H,2-3,6,17H2,1H3. The Morgan fingerprint density at radius 1 is 1.57 bits per heavy atom. The summed E-state index contributed by atoms with van der Waals surface area (Å²) in [4.78, 5) is 12.4. The first kappa shape index (κ1) is 14.3. The number of halogens is 1. The van der Waals surface area contributed by atoms with Crippen molar-refractivity contribution in [3.8, 4) is 5.75 Å². The zero-order valence-corrected chi connectivity index (χ0v) is 13.3. The van der Waals surface area contributed by atoms with Crippen molar-refractivity contribution in [1.82, 2.24) is 9.78 Å². The van der Waals surface area contributed by atoms with Crippen LogP contribution in [0.1, 0.15) is 22.7 Å². The topological polar surface area (TPSA) is 70.1 Å². The van der Waals surface area contributed by atoms with Gasteiger partial charge in [-0.3, -0.25) is 9.48 Å². The lowest BCUT2D eigenvalue weighted by Crippen LogP contribution is -2.23. The number of aromatic nitrogens is 2. The van der Waals surface area contributed by atoms with E-state index in [1.165, 1.54) is 0 Å². The van der Waals surface area contributed by atoms with Gasteiger partial charge in [0, 0.05) is 41.7 Å². The molecule has 2 heterocycles. The van der Waals surface area contributed by atoms with E-state index in [2.05, 4.69) is 21.0 Å². The second-order valence-electron chi connectivity index (χ2n) is 5.22. The van der Waals surface area contributed by atoms with Gasteiger partial charge in [0.25, 0.3) is 0 Å². The molecular formula is C15H16BrN3O2. The first-order valence-corrected chi connectivity index (χ1v) is 7.55. The maximum atomic E-state index is 12.4. The Morgan fingerprint density at radius 2 is 2.38 bits per heavy atom. The molecule has 1 atom stereocenters. The first-order valence-electron chi connectivity index (χ1n) is 6.75. The third-order valence-electron chi connectivity index (χ3n) is 3.62. The number of ketones is 1. The lowest BCUT2D eigenvalue weighted by molar-refractivity contribution is -0.119. The first-order chi connectivity index (χ1) is 10.0. The number of ether oxygens (including phenoxy) is 1. The van der Waals surface area contributed by atoms with Crippen LogP contribution in [0.5, 0.6) is 5.75 Å². The minimum Gasteiger partial charge on any atom is -0.493 e. The number of hydrogen-bond acceptors (Lipinski definition) is 4. The van der Waals surface area contributed by atoms with Crippen LogP contribution in [0, 0.1) is 0 Å². The number of rotatable bonds is 4. The van der Waals surface area contributed by atoms with Gasteiger partial charge in [0.15, 0.2) is 5.78 Å². The largest absolute Gasteiger partial charge is 0.493 e. The van der Waals surface area contributed by atoms with E-state index < -0.39 is 6.04 Å². The molecule has 0 amide bonds. The fraction of sp³-hybridized carbons (Fsp3) is 0.333. The molecular weight excluding hydrogens is 334 g/mol. The van der Waals surface area contributed by atoms with Crippen LogP contribution >= 0.6 is 15.9 Å². The number of benzene rings is 1. The molecule has 0 bridgehead atoms. The van der Waals surface area contributed by atoms with E-state index in [0.717, 1.165) is 33.3 Å². The minimum atomic E-state index is -0.658. The Morgan fingerprint density at radius 3 is 3.10 bits per heavy atom. The van der Waals surface area contributed by atoms with Gasteiger partial charge in [-0.2, -0.15) is 5.10 Å². The highest BCUT2D eigenvalue weighted by molar-refractivity contribution is 9.10. The summed E-state index contributed by atoms with van der Waals surface area (Å²) in [5, 5.41) is 4.05. The molecule has 0 saturated carbocycles. The highest BCUT2D eigenvalue weighted by Crippen LogP contribution is 2.33. The minimum absolute atomic E-state index is 0.0428. The third kappa shape index (κ3) is 2.87. The van der Waals surface area contributed by atoms with E-state index in [0.29, 0.717) is 6.61 Å². The fourth-order valence-electron chi connectivity index (χ4n) is 2.56. The van der Waals surface area contributed by atoms with Crippen LogP contribution in [0.2, 0.25) is 0 Å². The van der Waals surface area contributed by atoms with Crippen LogP contribution in [0.25, 0.3) is 0 Å². The van der Waals surface area contributed by atoms with E-state index in [4.69, 9.17) is 10.5 Å². The molecule has 1 aromatic carbocycles. The van der Waals surface area contributed by atoms with Crippen LogP contribution in [0.4, 0.5) is 0 Å². The molecule has 0 saturated heterocycles. The second-order valence-corrected chi connectivity index (χ2v) is 6.14. The van der Waals surface area contributed by atoms with Gasteiger partial charge >= 0.3 is 0 Å². The smallest absolute Gasteiger partial charge is 0.158 e. The molecule has 1 aliphatic heterocycles. The van der Waals surface area contributed by atoms with Crippen molar-refractivity contribution in [2.24, 2.45) is 12.8 Å². The molecule has 21 heavy (non-hydrogen) atoms. The van der Waals surface area contributed by atoms with Crippen molar-refractivity contribution in [1.29, 1.82) is 0 Å². The number of aryl methyl sites for hydroxylation is 1. The molecule has 0 fully saturated rings. The van der Waals surface area contributed by atoms with Gasteiger partial charge in [0.05, 0.1) is 18.8 Å². The molecule has 0 radical (unpaired) electrons. The molecule has 0 spiro atoms. The van der Waals surface area contributed by atoms with E-state index in [1.807, 2.05) is 12.1 Å². The number of carbonyl (C=O) groups excluding carboxylic acids is 1. The zero-order valence-electron chi connectivity index (χ0n) is 11.7. The van der Waals surface area contributed by atoms with Crippen LogP contribution in [0.3, 0.4) is 0 Å². The van der Waals surface area contributed by atoms with E-state index >= 15 is 0 Å². The number of nitrogens with zero attached hydrogens (tertiary/aromatic N) is 2. The van der Waals surface area contributed by atoms with Gasteiger partial charge in [-0.25, -0.2) is 0 Å². The summed E-state index contributed by atoms with van der Waals surface area (Å²) in [6.07, 6.45) is 4.54. The highest BCUT2D eigenvalue weighted by atomic mass is 79.9. The monoisotopic (exact) mass is 349 g/mol. The van der Waals surface area contributed by atoms with E-state index in [9.17, 15) is 4.79 Å². The van der Waals surface area contributed by atoms with Gasteiger partial charge in [-0.15, -0.1) is 0 Å². The summed E-state index contributed by atoms with van der Waals surface area (Å²) in [6.45, 7) is 0.668. The summed E-state index contributed by atoms with van der Waals surface area (Å²) in [7, 11) is 1.80. The maximum Gasteiger partial charge on any atom is 0.158 e. The lowest BCUT2D eigenvalue weighted by Gasteiger charge is -2.12. The van der Waals surface area contributed by atoms with Crippen molar-refractivity contribution < 1.29 is 9.53 Å². The molecule has 2 aromatic rings. The molecule has 110 valence electrons. The summed E-state index contributed by atoms with van der Waals surface area (Å²) in [5.74, 6) is 0.795. The summed E-state index contributed by atoms with van der Waals surface area (Å²) in [5.41, 5.74) is 8.79. The maximum absolute atomic E-state index is 12.4. The van der Waals surface area contributed by atoms with Gasteiger partial charge in [-0.05, 0) is 17.7 Å². The van der Waals surface area contributed by atoms with Gasteiger partial charge in [-0.1, -0.05) is 15.9 Å². The molecule has 1 unspecified atom stereocenters. The summed E-state index contributed by atoms with van der Waals surface area (Å²) >= 11 is 3.48. The number of carbonyl (C=O) groups is 1. The normalized spacial score (nSPS) is 14.6. The quantitative estimate of drug-likeness (QED) is 0.915. The van der Waals surface area contributed by atoms with Crippen LogP contribution in [0.15, 0.2) is 29.0 Å². The van der Waals surface area contributed by atoms with Gasteiger partial charge < -0.3 is 10.5 Å².